The van der Waals surface area contributed by atoms with Crippen molar-refractivity contribution in [2.24, 2.45) is 0 Å². The number of hydrogen-bond donors (Lipinski definition) is 2. The molecule has 2 N–H and O–H groups in total. The highest BCUT2D eigenvalue weighted by Gasteiger charge is 2.25. The molecule has 1 amide bonds. The van der Waals surface area contributed by atoms with Crippen LogP contribution in [0.15, 0.2) is 122 Å². The van der Waals surface area contributed by atoms with E-state index in [1.807, 2.05) is 102 Å². The van der Waals surface area contributed by atoms with Gasteiger partial charge in [-0.05, 0) is 135 Å². The SMILES string of the molecule is CCCCCC(Nc1nccc(-c2c(-c3ccc(F)cc3)nc3cc(CN(C)C)ccn23)n1)c1cc(-c2nc3cc(CN(C)CC(=O)N(C)C)ccn3c2-c2ccnc(NCc3ccc4c(c3)OCO4)n2)ccc1F. The van der Waals surface area contributed by atoms with Gasteiger partial charge >= 0.3 is 0 Å². The monoisotopic (exact) mass is 1010 g/mol. The van der Waals surface area contributed by atoms with Crippen molar-refractivity contribution >= 4 is 29.1 Å². The molecule has 10 rings (SSSR count). The third-order valence-corrected chi connectivity index (χ3v) is 13.1. The summed E-state index contributed by atoms with van der Waals surface area (Å²) in [6.45, 7) is 4.24. The number of imidazole rings is 2. The number of pyridine rings is 2. The molecule has 0 radical (unpaired) electrons. The highest BCUT2D eigenvalue weighted by Crippen LogP contribution is 2.38. The number of fused-ring (bicyclic) bond motifs is 3. The minimum absolute atomic E-state index is 0.00164. The van der Waals surface area contributed by atoms with E-state index in [4.69, 9.17) is 29.4 Å². The molecule has 1 atom stereocenters. The zero-order chi connectivity index (χ0) is 52.2. The predicted octanol–water partition coefficient (Wildman–Crippen LogP) is 10.2. The molecule has 1 unspecified atom stereocenters. The van der Waals surface area contributed by atoms with Gasteiger partial charge in [-0.3, -0.25) is 18.5 Å². The van der Waals surface area contributed by atoms with Crippen molar-refractivity contribution in [3.8, 4) is 56.8 Å². The van der Waals surface area contributed by atoms with Crippen molar-refractivity contribution < 1.29 is 23.0 Å². The molecular formula is C57H59F2N13O3. The Morgan fingerprint density at radius 1 is 0.680 bits per heavy atom. The minimum Gasteiger partial charge on any atom is -0.454 e. The Morgan fingerprint density at radius 3 is 2.00 bits per heavy atom. The number of carbonyl (C=O) groups is 1. The van der Waals surface area contributed by atoms with Crippen LogP contribution in [-0.4, -0.2) is 108 Å². The van der Waals surface area contributed by atoms with Crippen LogP contribution in [-0.2, 0) is 24.4 Å². The summed E-state index contributed by atoms with van der Waals surface area (Å²) in [6, 6.07) is 28.4. The molecule has 16 nitrogen and oxygen atoms in total. The van der Waals surface area contributed by atoms with Gasteiger partial charge in [0.15, 0.2) is 11.5 Å². The van der Waals surface area contributed by atoms with E-state index in [0.29, 0.717) is 93.8 Å². The van der Waals surface area contributed by atoms with Crippen LogP contribution in [0.4, 0.5) is 20.7 Å². The second-order valence-corrected chi connectivity index (χ2v) is 19.4. The summed E-state index contributed by atoms with van der Waals surface area (Å²) in [6.07, 6.45) is 10.6. The number of amides is 1. The Hall–Kier alpha value is -8.35. The predicted molar refractivity (Wildman–Crippen MR) is 286 cm³/mol. The van der Waals surface area contributed by atoms with Crippen LogP contribution in [0, 0.1) is 11.6 Å². The topological polar surface area (TPSA) is 155 Å². The van der Waals surface area contributed by atoms with E-state index in [-0.39, 0.29) is 25.1 Å². The molecule has 1 aliphatic heterocycles. The normalized spacial score (nSPS) is 12.6. The number of nitrogens with zero attached hydrogens (tertiary/aromatic N) is 11. The molecule has 75 heavy (non-hydrogen) atoms. The van der Waals surface area contributed by atoms with Crippen molar-refractivity contribution in [3.05, 3.63) is 156 Å². The van der Waals surface area contributed by atoms with Crippen LogP contribution in [0.5, 0.6) is 11.5 Å². The van der Waals surface area contributed by atoms with E-state index in [0.717, 1.165) is 53.7 Å². The fraction of sp³-hybridized carbons (Fsp3) is 0.281. The van der Waals surface area contributed by atoms with Crippen molar-refractivity contribution in [3.63, 3.8) is 0 Å². The van der Waals surface area contributed by atoms with Gasteiger partial charge in [-0.25, -0.2) is 38.7 Å². The lowest BCUT2D eigenvalue weighted by molar-refractivity contribution is -0.129. The molecule has 6 aromatic heterocycles. The van der Waals surface area contributed by atoms with E-state index < -0.39 is 11.9 Å². The first-order valence-electron chi connectivity index (χ1n) is 25.0. The van der Waals surface area contributed by atoms with Gasteiger partial charge in [-0.15, -0.1) is 0 Å². The van der Waals surface area contributed by atoms with Gasteiger partial charge in [0.1, 0.15) is 22.9 Å². The third kappa shape index (κ3) is 11.3. The van der Waals surface area contributed by atoms with Crippen molar-refractivity contribution in [2.75, 3.05) is 59.2 Å². The number of carbonyl (C=O) groups excluding carboxylic acids is 1. The summed E-state index contributed by atoms with van der Waals surface area (Å²) in [5, 5.41) is 6.90. The Balaban J connectivity index is 1.02. The molecule has 7 heterocycles. The van der Waals surface area contributed by atoms with E-state index in [1.165, 1.54) is 18.2 Å². The number of nitrogens with one attached hydrogen (secondary N) is 2. The Labute approximate surface area is 434 Å². The standard InChI is InChI=1S/C57H59F2N13O3/c1-7-8-9-10-44(63-57-61-24-20-46(65-57)54-52(39-12-15-41(58)16-13-39)66-49-28-37(32-68(2)3)21-25-71(49)54)42-30-40(14-17-43(42)59)53-55(72-26-22-38(29-50(72)67-53)33-70(6)34-51(73)69(4)5)45-19-23-60-56(64-45)62-31-36-11-18-47-48(27-36)75-35-74-47/h11-30,44H,7-10,31-35H2,1-6H3,(H,60,62,64)(H,61,63,65). The van der Waals surface area contributed by atoms with Gasteiger partial charge in [-0.2, -0.15) is 0 Å². The second kappa shape index (κ2) is 22.0. The maximum atomic E-state index is 16.7. The maximum Gasteiger partial charge on any atom is 0.236 e. The number of rotatable bonds is 20. The van der Waals surface area contributed by atoms with Gasteiger partial charge < -0.3 is 29.9 Å². The number of anilines is 2. The molecular weight excluding hydrogens is 953 g/mol. The number of aromatic nitrogens is 8. The van der Waals surface area contributed by atoms with Crippen molar-refractivity contribution in [2.45, 2.75) is 58.3 Å². The molecule has 0 fully saturated rings. The molecule has 0 bridgehead atoms. The average Bonchev–Trinajstić information content (AvgIpc) is 4.14. The van der Waals surface area contributed by atoms with E-state index in [2.05, 4.69) is 38.5 Å². The zero-order valence-corrected chi connectivity index (χ0v) is 42.9. The first kappa shape index (κ1) is 50.2. The number of likely N-dealkylation sites (N-methyl/N-ethyl adjacent to an activating group) is 2. The van der Waals surface area contributed by atoms with Gasteiger partial charge in [0.25, 0.3) is 0 Å². The number of benzene rings is 3. The lowest BCUT2D eigenvalue weighted by atomic mass is 9.96. The fourth-order valence-corrected chi connectivity index (χ4v) is 9.36. The number of ether oxygens (including phenoxy) is 2. The molecule has 0 aliphatic carbocycles. The second-order valence-electron chi connectivity index (χ2n) is 19.4. The van der Waals surface area contributed by atoms with E-state index >= 15 is 4.39 Å². The number of halogens is 2. The van der Waals surface area contributed by atoms with Crippen LogP contribution in [0.1, 0.15) is 60.9 Å². The van der Waals surface area contributed by atoms with E-state index in [9.17, 15) is 9.18 Å². The summed E-state index contributed by atoms with van der Waals surface area (Å²) in [4.78, 5) is 47.9. The molecule has 3 aromatic carbocycles. The average molecular weight is 1010 g/mol. The van der Waals surface area contributed by atoms with Gasteiger partial charge in [0.05, 0.1) is 46.8 Å². The lowest BCUT2D eigenvalue weighted by Gasteiger charge is -2.21. The Morgan fingerprint density at radius 2 is 1.32 bits per heavy atom. The fourth-order valence-electron chi connectivity index (χ4n) is 9.36. The minimum atomic E-state index is -0.544. The maximum absolute atomic E-state index is 16.7. The summed E-state index contributed by atoms with van der Waals surface area (Å²) in [5.41, 5.74) is 10.0. The van der Waals surface area contributed by atoms with E-state index in [1.54, 1.807) is 49.6 Å². The van der Waals surface area contributed by atoms with Crippen LogP contribution >= 0.6 is 0 Å². The van der Waals surface area contributed by atoms with Crippen LogP contribution in [0.3, 0.4) is 0 Å². The largest absolute Gasteiger partial charge is 0.454 e. The highest BCUT2D eigenvalue weighted by atomic mass is 19.1. The number of hydrogen-bond acceptors (Lipinski definition) is 13. The first-order valence-corrected chi connectivity index (χ1v) is 25.0. The first-order chi connectivity index (χ1) is 36.4. The van der Waals surface area contributed by atoms with Crippen LogP contribution in [0.25, 0.3) is 56.6 Å². The zero-order valence-electron chi connectivity index (χ0n) is 42.9. The summed E-state index contributed by atoms with van der Waals surface area (Å²) >= 11 is 0. The molecule has 0 saturated carbocycles. The molecule has 384 valence electrons. The lowest BCUT2D eigenvalue weighted by Crippen LogP contribution is -2.34. The Kier molecular flexibility index (Phi) is 14.7. The highest BCUT2D eigenvalue weighted by molar-refractivity contribution is 5.83. The van der Waals surface area contributed by atoms with Gasteiger partial charge in [-0.1, -0.05) is 32.3 Å². The third-order valence-electron chi connectivity index (χ3n) is 13.1. The molecule has 18 heteroatoms. The number of unbranched alkanes of at least 4 members (excludes halogenated alkanes) is 2. The summed E-state index contributed by atoms with van der Waals surface area (Å²) < 4.78 is 46.0. The summed E-state index contributed by atoms with van der Waals surface area (Å²) in [7, 11) is 9.44. The van der Waals surface area contributed by atoms with Crippen LogP contribution < -0.4 is 20.1 Å². The van der Waals surface area contributed by atoms with Crippen molar-refractivity contribution in [1.82, 2.24) is 53.4 Å². The summed E-state index contributed by atoms with van der Waals surface area (Å²) in [5.74, 6) is 1.37. The Bertz CT molecular complexity index is 3510. The quantitative estimate of drug-likeness (QED) is 0.0697. The van der Waals surface area contributed by atoms with Gasteiger partial charge in [0, 0.05) is 75.2 Å². The molecule has 0 saturated heterocycles. The van der Waals surface area contributed by atoms with Crippen LogP contribution in [0.2, 0.25) is 0 Å². The molecule has 9 aromatic rings. The van der Waals surface area contributed by atoms with Gasteiger partial charge in [0.2, 0.25) is 24.6 Å². The smallest absolute Gasteiger partial charge is 0.236 e. The molecule has 1 aliphatic rings. The van der Waals surface area contributed by atoms with Crippen molar-refractivity contribution in [1.29, 1.82) is 0 Å². The molecule has 0 spiro atoms.